The molecule has 67 heavy (non-hydrogen) atoms. The van der Waals surface area contributed by atoms with Crippen LogP contribution in [-0.4, -0.2) is 52.9 Å². The van der Waals surface area contributed by atoms with Gasteiger partial charge in [-0.05, 0) is 184 Å². The van der Waals surface area contributed by atoms with Crippen molar-refractivity contribution < 1.29 is 23.5 Å². The molecule has 12 heteroatoms. The first-order valence-electron chi connectivity index (χ1n) is 24.2. The van der Waals surface area contributed by atoms with E-state index in [0.717, 1.165) is 120 Å². The van der Waals surface area contributed by atoms with Gasteiger partial charge in [0.05, 0.1) is 38.7 Å². The van der Waals surface area contributed by atoms with E-state index >= 15 is 0 Å². The number of pyridine rings is 2. The second-order valence-corrected chi connectivity index (χ2v) is 19.4. The average Bonchev–Trinajstić information content (AvgIpc) is 4.14. The second kappa shape index (κ2) is 19.0. The minimum absolute atomic E-state index is 0.00911. The predicted molar refractivity (Wildman–Crippen MR) is 258 cm³/mol. The van der Waals surface area contributed by atoms with Crippen LogP contribution in [0.4, 0.5) is 8.78 Å². The Hall–Kier alpha value is -6.56. The second-order valence-electron chi connectivity index (χ2n) is 19.4. The molecule has 0 spiro atoms. The summed E-state index contributed by atoms with van der Waals surface area (Å²) in [4.78, 5) is 49.2. The third kappa shape index (κ3) is 9.40. The molecule has 0 unspecified atom stereocenters. The lowest BCUT2D eigenvalue weighted by Gasteiger charge is -2.32. The third-order valence-corrected chi connectivity index (χ3v) is 15.4. The maximum absolute atomic E-state index is 13.9. The van der Waals surface area contributed by atoms with Crippen LogP contribution in [0.2, 0.25) is 0 Å². The third-order valence-electron chi connectivity index (χ3n) is 15.4. The smallest absolute Gasteiger partial charge is 0.335 e. The van der Waals surface area contributed by atoms with Crippen molar-refractivity contribution in [3.05, 3.63) is 143 Å². The molecule has 4 N–H and O–H groups in total. The molecule has 3 aliphatic carbocycles. The zero-order valence-electron chi connectivity index (χ0n) is 38.1. The number of halogens is 2. The largest absolute Gasteiger partial charge is 0.478 e. The lowest BCUT2D eigenvalue weighted by molar-refractivity contribution is 0.0696. The SMILES string of the molecule is C[C@@H](c1nc2ccc(C(=O)NC3CCCC3)cc2[nH]1)C1CCC(c2ccnc3ccc(F)cc23)CC1.C[C@@H](c1nc2ccc(C(=O)O)cc2[nH]1)C1CCC(c2ccnc3ccc(F)cc23)CC1. The van der Waals surface area contributed by atoms with Crippen molar-refractivity contribution in [3.8, 4) is 0 Å². The standard InChI is InChI=1S/C30H33FN4O.C25H24FN3O2/c1-18(19-6-8-20(9-7-19)24-14-15-32-26-13-11-22(31)17-25(24)26)29-34-27-12-10-21(16-28(27)35-29)30(36)33-23-4-2-3-5-23;1-14(24-28-22-8-6-17(25(30)31)12-23(22)29-24)15-2-4-16(5-3-15)19-10-11-27-21-9-7-18(26)13-20(19)21/h10-20,23H,2-9H2,1H3,(H,33,36)(H,34,35);6-16H,2-5H2,1H3,(H,28,29)(H,30,31)/t18-,19?,20?;14-,15?,16?/m11/s1. The summed E-state index contributed by atoms with van der Waals surface area (Å²) in [5.41, 5.74) is 8.48. The summed E-state index contributed by atoms with van der Waals surface area (Å²) >= 11 is 0. The Morgan fingerprint density at radius 1 is 0.582 bits per heavy atom. The number of benzene rings is 4. The number of carbonyl (C=O) groups is 2. The normalized spacial score (nSPS) is 21.0. The van der Waals surface area contributed by atoms with Crippen LogP contribution >= 0.6 is 0 Å². The fourth-order valence-corrected chi connectivity index (χ4v) is 11.4. The van der Waals surface area contributed by atoms with E-state index in [4.69, 9.17) is 9.97 Å². The summed E-state index contributed by atoms with van der Waals surface area (Å²) in [5, 5.41) is 14.2. The van der Waals surface area contributed by atoms with Crippen LogP contribution in [0.3, 0.4) is 0 Å². The van der Waals surface area contributed by atoms with Crippen molar-refractivity contribution in [2.75, 3.05) is 0 Å². The van der Waals surface area contributed by atoms with Gasteiger partial charge >= 0.3 is 5.97 Å². The number of amides is 1. The van der Waals surface area contributed by atoms with Gasteiger partial charge in [0.1, 0.15) is 23.3 Å². The number of aromatic nitrogens is 6. The Kier molecular flexibility index (Phi) is 12.5. The molecule has 3 aliphatic rings. The molecule has 10 nitrogen and oxygen atoms in total. The Morgan fingerprint density at radius 3 is 1.51 bits per heavy atom. The van der Waals surface area contributed by atoms with Crippen molar-refractivity contribution in [2.24, 2.45) is 11.8 Å². The van der Waals surface area contributed by atoms with Crippen LogP contribution in [-0.2, 0) is 0 Å². The number of nitrogens with zero attached hydrogens (tertiary/aromatic N) is 4. The molecular weight excluding hydrogens is 845 g/mol. The molecule has 0 saturated heterocycles. The molecule has 344 valence electrons. The molecule has 3 fully saturated rings. The summed E-state index contributed by atoms with van der Waals surface area (Å²) in [6.45, 7) is 4.45. The first kappa shape index (κ1) is 44.3. The van der Waals surface area contributed by atoms with E-state index in [1.165, 1.54) is 36.1 Å². The van der Waals surface area contributed by atoms with E-state index in [1.807, 2.05) is 36.7 Å². The van der Waals surface area contributed by atoms with Gasteiger partial charge in [-0.15, -0.1) is 0 Å². The number of hydrogen-bond donors (Lipinski definition) is 4. The number of imidazole rings is 2. The van der Waals surface area contributed by atoms with E-state index in [9.17, 15) is 23.5 Å². The Balaban J connectivity index is 0.000000159. The summed E-state index contributed by atoms with van der Waals surface area (Å²) in [7, 11) is 0. The number of nitrogens with one attached hydrogen (secondary N) is 3. The molecule has 8 aromatic rings. The minimum Gasteiger partial charge on any atom is -0.478 e. The number of carbonyl (C=O) groups excluding carboxylic acids is 1. The number of rotatable bonds is 9. The Bertz CT molecular complexity index is 3090. The van der Waals surface area contributed by atoms with Gasteiger partial charge in [0.25, 0.3) is 5.91 Å². The maximum Gasteiger partial charge on any atom is 0.335 e. The number of hydrogen-bond acceptors (Lipinski definition) is 6. The minimum atomic E-state index is -0.937. The highest BCUT2D eigenvalue weighted by Crippen LogP contribution is 2.44. The van der Waals surface area contributed by atoms with Gasteiger partial charge in [-0.1, -0.05) is 26.7 Å². The first-order chi connectivity index (χ1) is 32.5. The number of fused-ring (bicyclic) bond motifs is 4. The molecule has 0 aliphatic heterocycles. The number of H-pyrrole nitrogens is 2. The van der Waals surface area contributed by atoms with Crippen molar-refractivity contribution in [1.82, 2.24) is 35.2 Å². The van der Waals surface area contributed by atoms with Crippen LogP contribution < -0.4 is 5.32 Å². The zero-order chi connectivity index (χ0) is 46.2. The molecule has 11 rings (SSSR count). The van der Waals surface area contributed by atoms with Crippen LogP contribution in [0.5, 0.6) is 0 Å². The topological polar surface area (TPSA) is 150 Å². The van der Waals surface area contributed by atoms with E-state index < -0.39 is 5.97 Å². The quantitative estimate of drug-likeness (QED) is 0.113. The van der Waals surface area contributed by atoms with Crippen molar-refractivity contribution in [1.29, 1.82) is 0 Å². The predicted octanol–water partition coefficient (Wildman–Crippen LogP) is 13.0. The van der Waals surface area contributed by atoms with Gasteiger partial charge in [-0.3, -0.25) is 14.8 Å². The lowest BCUT2D eigenvalue weighted by Crippen LogP contribution is -2.32. The van der Waals surface area contributed by atoms with Gasteiger partial charge < -0.3 is 20.4 Å². The molecule has 4 aromatic heterocycles. The number of carboxylic acid groups (broad SMARTS) is 1. The molecule has 1 amide bonds. The summed E-state index contributed by atoms with van der Waals surface area (Å²) in [6.07, 6.45) is 16.8. The summed E-state index contributed by atoms with van der Waals surface area (Å²) in [6, 6.07) is 24.9. The number of aromatic amines is 2. The van der Waals surface area contributed by atoms with Gasteiger partial charge in [0, 0.05) is 46.6 Å². The highest BCUT2D eigenvalue weighted by molar-refractivity contribution is 5.97. The number of carboxylic acids is 1. The van der Waals surface area contributed by atoms with Crippen molar-refractivity contribution in [2.45, 2.75) is 121 Å². The highest BCUT2D eigenvalue weighted by atomic mass is 19.1. The van der Waals surface area contributed by atoms with Gasteiger partial charge in [-0.2, -0.15) is 0 Å². The molecule has 4 heterocycles. The lowest BCUT2D eigenvalue weighted by atomic mass is 9.73. The number of aromatic carboxylic acids is 1. The molecule has 2 atom stereocenters. The summed E-state index contributed by atoms with van der Waals surface area (Å²) in [5.74, 6) is 3.00. The molecule has 4 aromatic carbocycles. The van der Waals surface area contributed by atoms with Crippen molar-refractivity contribution in [3.63, 3.8) is 0 Å². The fraction of sp³-hybridized carbons (Fsp3) is 0.382. The maximum atomic E-state index is 13.9. The van der Waals surface area contributed by atoms with E-state index in [2.05, 4.69) is 45.2 Å². The first-order valence-corrected chi connectivity index (χ1v) is 24.2. The van der Waals surface area contributed by atoms with Crippen LogP contribution in [0.25, 0.3) is 43.9 Å². The molecular formula is C55H57F2N7O3. The van der Waals surface area contributed by atoms with Gasteiger partial charge in [0.2, 0.25) is 0 Å². The average molecular weight is 902 g/mol. The van der Waals surface area contributed by atoms with E-state index in [0.29, 0.717) is 41.2 Å². The van der Waals surface area contributed by atoms with Crippen molar-refractivity contribution >= 4 is 55.7 Å². The zero-order valence-corrected chi connectivity index (χ0v) is 38.1. The van der Waals surface area contributed by atoms with Gasteiger partial charge in [-0.25, -0.2) is 23.5 Å². The van der Waals surface area contributed by atoms with Crippen LogP contribution in [0, 0.1) is 23.5 Å². The van der Waals surface area contributed by atoms with E-state index in [-0.39, 0.29) is 29.0 Å². The molecule has 0 bridgehead atoms. The molecule has 0 radical (unpaired) electrons. The highest BCUT2D eigenvalue weighted by Gasteiger charge is 2.31. The van der Waals surface area contributed by atoms with E-state index in [1.54, 1.807) is 42.5 Å². The van der Waals surface area contributed by atoms with Gasteiger partial charge in [0.15, 0.2) is 0 Å². The Morgan fingerprint density at radius 2 is 1.03 bits per heavy atom. The molecule has 3 saturated carbocycles. The fourth-order valence-electron chi connectivity index (χ4n) is 11.4. The monoisotopic (exact) mass is 901 g/mol. The van der Waals surface area contributed by atoms with Crippen LogP contribution in [0.1, 0.15) is 158 Å². The Labute approximate surface area is 388 Å². The van der Waals surface area contributed by atoms with Crippen LogP contribution in [0.15, 0.2) is 97.3 Å². The summed E-state index contributed by atoms with van der Waals surface area (Å²) < 4.78 is 27.8.